The standard InChI is InChI=1S/C59H54O4/c1-3-13-43-35-49(23-21-41(43)11-1)45-15-9-17-47(37-45)51-25-27-53-54-28-26-52(48-18-10-16-46(38-48)50-24-22-42-12-2-4-14-44(42)36-50)40-56(54)59(55(53)39-51,29-33-62-57-19-5-7-31-60-57)30-34-63-58-20-6-8-32-61-58/h1-4,9-18,21-28,35-40,57-58H,5-8,19-20,29-34H2. The van der Waals surface area contributed by atoms with Crippen molar-refractivity contribution in [2.45, 2.75) is 69.4 Å². The lowest BCUT2D eigenvalue weighted by molar-refractivity contribution is -0.168. The van der Waals surface area contributed by atoms with Crippen LogP contribution in [-0.4, -0.2) is 39.0 Å². The fourth-order valence-electron chi connectivity index (χ4n) is 10.4. The maximum atomic E-state index is 6.63. The summed E-state index contributed by atoms with van der Waals surface area (Å²) in [6.45, 7) is 2.71. The van der Waals surface area contributed by atoms with Gasteiger partial charge in [0.2, 0.25) is 0 Å². The van der Waals surface area contributed by atoms with Crippen molar-refractivity contribution >= 4 is 21.5 Å². The SMILES string of the molecule is c1cc(-c2ccc3c(c2)C(CCOC2CCCCO2)(CCOC2CCCCO2)c2cc(-c4cccc(-c5ccc6ccccc6c5)c4)ccc2-3)cc(-c2ccc3ccccc3c2)c1. The highest BCUT2D eigenvalue weighted by Crippen LogP contribution is 2.55. The lowest BCUT2D eigenvalue weighted by Gasteiger charge is -2.34. The molecule has 0 saturated carbocycles. The van der Waals surface area contributed by atoms with Crippen LogP contribution in [0.2, 0.25) is 0 Å². The molecule has 4 nitrogen and oxygen atoms in total. The average Bonchev–Trinajstić information content (AvgIpc) is 3.62. The van der Waals surface area contributed by atoms with Gasteiger partial charge in [0, 0.05) is 18.6 Å². The van der Waals surface area contributed by atoms with E-state index in [-0.39, 0.29) is 18.0 Å². The van der Waals surface area contributed by atoms with Crippen molar-refractivity contribution in [3.05, 3.63) is 181 Å². The number of hydrogen-bond donors (Lipinski definition) is 0. The summed E-state index contributed by atoms with van der Waals surface area (Å²) in [5.41, 5.74) is 14.6. The van der Waals surface area contributed by atoms with E-state index in [1.54, 1.807) is 0 Å². The van der Waals surface area contributed by atoms with Crippen LogP contribution in [0.1, 0.15) is 62.5 Å². The molecule has 0 amide bonds. The maximum Gasteiger partial charge on any atom is 0.157 e. The van der Waals surface area contributed by atoms with Gasteiger partial charge in [0.1, 0.15) is 0 Å². The summed E-state index contributed by atoms with van der Waals surface area (Å²) in [4.78, 5) is 0. The first-order valence-corrected chi connectivity index (χ1v) is 23.1. The number of hydrogen-bond acceptors (Lipinski definition) is 4. The summed E-state index contributed by atoms with van der Waals surface area (Å²) in [7, 11) is 0. The number of benzene rings is 8. The molecule has 0 N–H and O–H groups in total. The Bertz CT molecular complexity index is 2700. The van der Waals surface area contributed by atoms with Crippen molar-refractivity contribution in [3.8, 4) is 55.6 Å². The van der Waals surface area contributed by atoms with E-state index in [0.29, 0.717) is 13.2 Å². The molecule has 2 atom stereocenters. The quantitative estimate of drug-likeness (QED) is 0.123. The second-order valence-electron chi connectivity index (χ2n) is 17.7. The Morgan fingerprint density at radius 1 is 0.381 bits per heavy atom. The Kier molecular flexibility index (Phi) is 11.2. The van der Waals surface area contributed by atoms with Crippen LogP contribution in [0.25, 0.3) is 77.2 Å². The molecule has 0 spiro atoms. The second kappa shape index (κ2) is 17.7. The van der Waals surface area contributed by atoms with E-state index in [0.717, 1.165) is 64.6 Å². The van der Waals surface area contributed by atoms with Gasteiger partial charge in [0.05, 0.1) is 13.2 Å². The maximum absolute atomic E-state index is 6.63. The van der Waals surface area contributed by atoms with Crippen LogP contribution in [0.4, 0.5) is 0 Å². The lowest BCUT2D eigenvalue weighted by atomic mass is 9.72. The minimum Gasteiger partial charge on any atom is -0.353 e. The summed E-state index contributed by atoms with van der Waals surface area (Å²) < 4.78 is 25.5. The van der Waals surface area contributed by atoms with Crippen molar-refractivity contribution in [2.75, 3.05) is 26.4 Å². The van der Waals surface area contributed by atoms with E-state index in [1.165, 1.54) is 88.3 Å². The molecule has 0 radical (unpaired) electrons. The summed E-state index contributed by atoms with van der Waals surface area (Å²) in [5.74, 6) is 0. The highest BCUT2D eigenvalue weighted by molar-refractivity contribution is 5.91. The predicted molar refractivity (Wildman–Crippen MR) is 258 cm³/mol. The minimum absolute atomic E-state index is 0.156. The molecule has 2 saturated heterocycles. The molecule has 1 aliphatic carbocycles. The molecular formula is C59H54O4. The lowest BCUT2D eigenvalue weighted by Crippen LogP contribution is -2.32. The summed E-state index contributed by atoms with van der Waals surface area (Å²) in [6, 6.07) is 63.1. The molecule has 2 aliphatic heterocycles. The molecule has 8 aromatic carbocycles. The zero-order valence-electron chi connectivity index (χ0n) is 35.9. The average molecular weight is 827 g/mol. The van der Waals surface area contributed by atoms with Crippen LogP contribution in [0, 0.1) is 0 Å². The van der Waals surface area contributed by atoms with Crippen LogP contribution in [0.3, 0.4) is 0 Å². The van der Waals surface area contributed by atoms with Crippen molar-refractivity contribution < 1.29 is 18.9 Å². The van der Waals surface area contributed by atoms with E-state index in [4.69, 9.17) is 18.9 Å². The van der Waals surface area contributed by atoms with Gasteiger partial charge < -0.3 is 18.9 Å². The zero-order valence-corrected chi connectivity index (χ0v) is 35.9. The van der Waals surface area contributed by atoms with Gasteiger partial charge >= 0.3 is 0 Å². The molecule has 0 bridgehead atoms. The van der Waals surface area contributed by atoms with Gasteiger partial charge in [0.25, 0.3) is 0 Å². The fourth-order valence-corrected chi connectivity index (χ4v) is 10.4. The molecule has 314 valence electrons. The smallest absolute Gasteiger partial charge is 0.157 e. The number of rotatable bonds is 12. The first-order chi connectivity index (χ1) is 31.2. The highest BCUT2D eigenvalue weighted by atomic mass is 16.7. The van der Waals surface area contributed by atoms with Gasteiger partial charge in [-0.25, -0.2) is 0 Å². The molecular weight excluding hydrogens is 773 g/mol. The Morgan fingerprint density at radius 2 is 0.778 bits per heavy atom. The second-order valence-corrected chi connectivity index (χ2v) is 17.7. The molecule has 63 heavy (non-hydrogen) atoms. The van der Waals surface area contributed by atoms with Gasteiger partial charge in [-0.15, -0.1) is 0 Å². The monoisotopic (exact) mass is 826 g/mol. The molecule has 3 aliphatic rings. The van der Waals surface area contributed by atoms with Gasteiger partial charge in [-0.1, -0.05) is 133 Å². The Morgan fingerprint density at radius 3 is 1.21 bits per heavy atom. The molecule has 11 rings (SSSR count). The van der Waals surface area contributed by atoms with E-state index >= 15 is 0 Å². The first kappa shape index (κ1) is 39.9. The van der Waals surface area contributed by atoms with E-state index < -0.39 is 0 Å². The summed E-state index contributed by atoms with van der Waals surface area (Å²) in [5, 5.41) is 5.01. The van der Waals surface area contributed by atoms with E-state index in [2.05, 4.69) is 170 Å². The van der Waals surface area contributed by atoms with Gasteiger partial charge in [-0.3, -0.25) is 0 Å². The Hall–Kier alpha value is -5.88. The van der Waals surface area contributed by atoms with Crippen LogP contribution >= 0.6 is 0 Å². The van der Waals surface area contributed by atoms with Gasteiger partial charge in [-0.05, 0) is 176 Å². The summed E-state index contributed by atoms with van der Waals surface area (Å²) in [6.07, 6.45) is 7.66. The largest absolute Gasteiger partial charge is 0.353 e. The number of ether oxygens (including phenoxy) is 4. The molecule has 4 heteroatoms. The molecule has 8 aromatic rings. The van der Waals surface area contributed by atoms with Crippen LogP contribution in [0.5, 0.6) is 0 Å². The third-order valence-electron chi connectivity index (χ3n) is 13.9. The third kappa shape index (κ3) is 8.14. The van der Waals surface area contributed by atoms with Gasteiger partial charge in [-0.2, -0.15) is 0 Å². The Balaban J connectivity index is 1.000. The highest BCUT2D eigenvalue weighted by Gasteiger charge is 2.43. The van der Waals surface area contributed by atoms with E-state index in [9.17, 15) is 0 Å². The van der Waals surface area contributed by atoms with E-state index in [1.807, 2.05) is 0 Å². The fraction of sp³-hybridized carbons (Fsp3) is 0.254. The number of fused-ring (bicyclic) bond motifs is 5. The van der Waals surface area contributed by atoms with Crippen molar-refractivity contribution in [2.24, 2.45) is 0 Å². The topological polar surface area (TPSA) is 36.9 Å². The van der Waals surface area contributed by atoms with Crippen molar-refractivity contribution in [1.29, 1.82) is 0 Å². The van der Waals surface area contributed by atoms with Crippen LogP contribution in [0.15, 0.2) is 170 Å². The molecule has 2 heterocycles. The van der Waals surface area contributed by atoms with Gasteiger partial charge in [0.15, 0.2) is 12.6 Å². The third-order valence-corrected chi connectivity index (χ3v) is 13.9. The molecule has 0 aromatic heterocycles. The Labute approximate surface area is 371 Å². The normalized spacial score (nSPS) is 18.0. The van der Waals surface area contributed by atoms with Crippen LogP contribution in [-0.2, 0) is 24.4 Å². The van der Waals surface area contributed by atoms with Crippen molar-refractivity contribution in [1.82, 2.24) is 0 Å². The van der Waals surface area contributed by atoms with Crippen molar-refractivity contribution in [3.63, 3.8) is 0 Å². The predicted octanol–water partition coefficient (Wildman–Crippen LogP) is 14.8. The first-order valence-electron chi connectivity index (χ1n) is 23.1. The van der Waals surface area contributed by atoms with Crippen LogP contribution < -0.4 is 0 Å². The minimum atomic E-state index is -0.369. The molecule has 2 unspecified atom stereocenters. The zero-order chi connectivity index (χ0) is 42.0. The molecule has 2 fully saturated rings. The summed E-state index contributed by atoms with van der Waals surface area (Å²) >= 11 is 0.